The van der Waals surface area contributed by atoms with Crippen LogP contribution in [-0.4, -0.2) is 0 Å². The molecule has 6 aromatic carbocycles. The number of hydrogen-bond acceptors (Lipinski definition) is 1. The normalized spacial score (nSPS) is 12.5. The molecule has 0 fully saturated rings. The quantitative estimate of drug-likeness (QED) is 0.174. The first-order valence-electron chi connectivity index (χ1n) is 13.2. The second kappa shape index (κ2) is 10.7. The first-order valence-corrected chi connectivity index (χ1v) is 16.6. The van der Waals surface area contributed by atoms with E-state index >= 15 is 0 Å². The van der Waals surface area contributed by atoms with Gasteiger partial charge in [-0.25, -0.2) is 0 Å². The number of halogens is 1. The second-order valence-corrected chi connectivity index (χ2v) is 16.4. The summed E-state index contributed by atoms with van der Waals surface area (Å²) in [4.78, 5) is 0. The molecule has 192 valence electrons. The molecular formula is C36H30ClOP. The molecule has 0 heterocycles. The standard InChI is InChI=1S/C36H30ClOP/c37-39(31-18-7-2-8-19-31,32-20-9-3-10-21-32,33-22-11-4-12-23-33)28-35-34-24-14-13-17-30(34)25-26-36(35)38-27-29-15-5-1-6-16-29/h1-26H,27-28H2. The zero-order chi connectivity index (χ0) is 26.6. The van der Waals surface area contributed by atoms with Crippen molar-refractivity contribution < 1.29 is 4.74 Å². The van der Waals surface area contributed by atoms with Crippen LogP contribution in [0.5, 0.6) is 5.75 Å². The van der Waals surface area contributed by atoms with Gasteiger partial charge in [0.1, 0.15) is 0 Å². The van der Waals surface area contributed by atoms with Crippen molar-refractivity contribution >= 4 is 43.9 Å². The predicted octanol–water partition coefficient (Wildman–Crippen LogP) is 8.60. The fourth-order valence-electron chi connectivity index (χ4n) is 5.58. The molecule has 0 radical (unpaired) electrons. The van der Waals surface area contributed by atoms with E-state index in [9.17, 15) is 0 Å². The summed E-state index contributed by atoms with van der Waals surface area (Å²) < 4.78 is 6.59. The summed E-state index contributed by atoms with van der Waals surface area (Å²) in [6.07, 6.45) is 0.622. The number of hydrogen-bond donors (Lipinski definition) is 0. The second-order valence-electron chi connectivity index (χ2n) is 9.89. The Hall–Kier alpha value is -3.90. The Morgan fingerprint density at radius 1 is 0.487 bits per heavy atom. The van der Waals surface area contributed by atoms with Gasteiger partial charge in [0.2, 0.25) is 0 Å². The van der Waals surface area contributed by atoms with Crippen molar-refractivity contribution in [2.45, 2.75) is 12.8 Å². The molecule has 0 aliphatic rings. The molecule has 39 heavy (non-hydrogen) atoms. The third-order valence-corrected chi connectivity index (χ3v) is 14.7. The van der Waals surface area contributed by atoms with Gasteiger partial charge in [0.25, 0.3) is 0 Å². The Balaban J connectivity index is 1.63. The zero-order valence-corrected chi connectivity index (χ0v) is 23.3. The van der Waals surface area contributed by atoms with Crippen LogP contribution in [0, 0.1) is 0 Å². The average Bonchev–Trinajstić information content (AvgIpc) is 3.02. The van der Waals surface area contributed by atoms with E-state index in [1.165, 1.54) is 10.8 Å². The van der Waals surface area contributed by atoms with E-state index < -0.39 is 5.96 Å². The van der Waals surface area contributed by atoms with Crippen LogP contribution in [0.15, 0.2) is 158 Å². The van der Waals surface area contributed by atoms with E-state index in [4.69, 9.17) is 16.0 Å². The average molecular weight is 545 g/mol. The monoisotopic (exact) mass is 544 g/mol. The minimum absolute atomic E-state index is 0.492. The third-order valence-electron chi connectivity index (χ3n) is 7.57. The molecule has 0 aromatic heterocycles. The molecule has 0 atom stereocenters. The molecule has 0 bridgehead atoms. The van der Waals surface area contributed by atoms with Crippen LogP contribution < -0.4 is 20.7 Å². The van der Waals surface area contributed by atoms with E-state index in [1.807, 2.05) is 18.2 Å². The Labute approximate surface area is 235 Å². The fraction of sp³-hybridized carbons (Fsp3) is 0.0556. The molecule has 0 unspecified atom stereocenters. The Morgan fingerprint density at radius 2 is 0.949 bits per heavy atom. The number of ether oxygens (including phenoxy) is 1. The molecule has 6 aromatic rings. The molecule has 0 aliphatic heterocycles. The van der Waals surface area contributed by atoms with Gasteiger partial charge >= 0.3 is 236 Å². The topological polar surface area (TPSA) is 9.23 Å². The van der Waals surface area contributed by atoms with Crippen LogP contribution in [-0.2, 0) is 12.8 Å². The SMILES string of the molecule is ClP(Cc1c(OCc2ccccc2)ccc2ccccc12)(c1ccccc1)(c1ccccc1)c1ccccc1. The molecule has 3 heteroatoms. The summed E-state index contributed by atoms with van der Waals surface area (Å²) in [6.45, 7) is 0.492. The predicted molar refractivity (Wildman–Crippen MR) is 169 cm³/mol. The van der Waals surface area contributed by atoms with Crippen molar-refractivity contribution in [2.24, 2.45) is 0 Å². The Bertz CT molecular complexity index is 1590. The van der Waals surface area contributed by atoms with E-state index in [0.29, 0.717) is 12.8 Å². The number of rotatable bonds is 8. The van der Waals surface area contributed by atoms with Crippen LogP contribution in [0.2, 0.25) is 0 Å². The van der Waals surface area contributed by atoms with Gasteiger partial charge in [-0.15, -0.1) is 0 Å². The molecular weight excluding hydrogens is 515 g/mol. The van der Waals surface area contributed by atoms with Crippen LogP contribution in [0.4, 0.5) is 0 Å². The van der Waals surface area contributed by atoms with Crippen LogP contribution >= 0.6 is 17.2 Å². The minimum atomic E-state index is -3.56. The zero-order valence-electron chi connectivity index (χ0n) is 21.7. The number of fused-ring (bicyclic) bond motifs is 1. The number of benzene rings is 6. The van der Waals surface area contributed by atoms with E-state index in [-0.39, 0.29) is 0 Å². The Morgan fingerprint density at radius 3 is 1.49 bits per heavy atom. The van der Waals surface area contributed by atoms with E-state index in [1.54, 1.807) is 0 Å². The fourth-order valence-corrected chi connectivity index (χ4v) is 11.7. The molecule has 0 aliphatic carbocycles. The van der Waals surface area contributed by atoms with Crippen molar-refractivity contribution in [2.75, 3.05) is 0 Å². The van der Waals surface area contributed by atoms with E-state index in [0.717, 1.165) is 32.8 Å². The van der Waals surface area contributed by atoms with Gasteiger partial charge in [-0.2, -0.15) is 0 Å². The summed E-state index contributed by atoms with van der Waals surface area (Å²) in [5, 5.41) is 5.77. The van der Waals surface area contributed by atoms with E-state index in [2.05, 4.69) is 140 Å². The van der Waals surface area contributed by atoms with Crippen LogP contribution in [0.3, 0.4) is 0 Å². The summed E-state index contributed by atoms with van der Waals surface area (Å²) >= 11 is 8.47. The van der Waals surface area contributed by atoms with Crippen LogP contribution in [0.25, 0.3) is 10.8 Å². The molecule has 0 saturated carbocycles. The maximum atomic E-state index is 8.47. The maximum absolute atomic E-state index is 8.47. The van der Waals surface area contributed by atoms with Gasteiger partial charge in [0, 0.05) is 0 Å². The molecule has 6 rings (SSSR count). The summed E-state index contributed by atoms with van der Waals surface area (Å²) in [6, 6.07) is 55.1. The molecule has 0 N–H and O–H groups in total. The van der Waals surface area contributed by atoms with Gasteiger partial charge in [-0.3, -0.25) is 0 Å². The van der Waals surface area contributed by atoms with Crippen molar-refractivity contribution in [3.8, 4) is 5.75 Å². The third kappa shape index (κ3) is 4.63. The summed E-state index contributed by atoms with van der Waals surface area (Å²) in [5.41, 5.74) is 2.27. The molecule has 1 nitrogen and oxygen atoms in total. The molecule has 0 saturated heterocycles. The van der Waals surface area contributed by atoms with Crippen molar-refractivity contribution in [3.63, 3.8) is 0 Å². The van der Waals surface area contributed by atoms with Gasteiger partial charge in [-0.1, -0.05) is 0 Å². The van der Waals surface area contributed by atoms with Crippen molar-refractivity contribution in [1.82, 2.24) is 0 Å². The van der Waals surface area contributed by atoms with Gasteiger partial charge < -0.3 is 0 Å². The van der Waals surface area contributed by atoms with Gasteiger partial charge in [0.05, 0.1) is 0 Å². The van der Waals surface area contributed by atoms with Crippen molar-refractivity contribution in [1.29, 1.82) is 0 Å². The first-order chi connectivity index (χ1) is 19.2. The summed E-state index contributed by atoms with van der Waals surface area (Å²) in [7, 11) is 0. The molecule has 0 amide bonds. The van der Waals surface area contributed by atoms with Gasteiger partial charge in [0.15, 0.2) is 0 Å². The van der Waals surface area contributed by atoms with Crippen molar-refractivity contribution in [3.05, 3.63) is 169 Å². The van der Waals surface area contributed by atoms with Gasteiger partial charge in [-0.05, 0) is 0 Å². The van der Waals surface area contributed by atoms with Crippen LogP contribution in [0.1, 0.15) is 11.1 Å². The first kappa shape index (κ1) is 25.4. The molecule has 0 spiro atoms. The Kier molecular flexibility index (Phi) is 6.96. The summed E-state index contributed by atoms with van der Waals surface area (Å²) in [5.74, 6) is -2.69.